The number of alkyl halides is 1. The average molecular weight is 291 g/mol. The van der Waals surface area contributed by atoms with Crippen molar-refractivity contribution in [1.29, 1.82) is 0 Å². The van der Waals surface area contributed by atoms with Gasteiger partial charge in [0.15, 0.2) is 0 Å². The molecule has 0 aliphatic carbocycles. The number of thiophene rings is 1. The highest BCUT2D eigenvalue weighted by atomic mass is 35.5. The molecule has 0 amide bonds. The van der Waals surface area contributed by atoms with Crippen molar-refractivity contribution in [2.45, 2.75) is 25.3 Å². The van der Waals surface area contributed by atoms with Crippen LogP contribution < -0.4 is 0 Å². The second-order valence-electron chi connectivity index (χ2n) is 4.65. The van der Waals surface area contributed by atoms with Crippen LogP contribution in [0.25, 0.3) is 11.0 Å². The summed E-state index contributed by atoms with van der Waals surface area (Å²) in [5.41, 5.74) is 2.19. The zero-order valence-corrected chi connectivity index (χ0v) is 12.3. The van der Waals surface area contributed by atoms with Gasteiger partial charge in [-0.25, -0.2) is 4.98 Å². The summed E-state index contributed by atoms with van der Waals surface area (Å²) in [5, 5.41) is 2.12. The number of rotatable bonds is 4. The minimum Gasteiger partial charge on any atom is -0.324 e. The Bertz CT molecular complexity index is 673. The van der Waals surface area contributed by atoms with E-state index >= 15 is 0 Å². The minimum atomic E-state index is 0.361. The molecular weight excluding hydrogens is 276 g/mol. The molecule has 0 saturated carbocycles. The molecule has 4 heteroatoms. The number of benzene rings is 1. The van der Waals surface area contributed by atoms with Crippen LogP contribution in [0.3, 0.4) is 0 Å². The van der Waals surface area contributed by atoms with Crippen LogP contribution in [0.15, 0.2) is 41.8 Å². The van der Waals surface area contributed by atoms with Gasteiger partial charge in [0.25, 0.3) is 0 Å². The van der Waals surface area contributed by atoms with Gasteiger partial charge in [-0.05, 0) is 30.5 Å². The predicted molar refractivity (Wildman–Crippen MR) is 82.0 cm³/mol. The molecule has 3 rings (SSSR count). The summed E-state index contributed by atoms with van der Waals surface area (Å²) in [6, 6.07) is 12.9. The van der Waals surface area contributed by atoms with Crippen molar-refractivity contribution in [2.75, 3.05) is 0 Å². The number of nitrogens with zero attached hydrogens (tertiary/aromatic N) is 2. The summed E-state index contributed by atoms with van der Waals surface area (Å²) in [7, 11) is 0. The van der Waals surface area contributed by atoms with Gasteiger partial charge in [-0.2, -0.15) is 0 Å². The van der Waals surface area contributed by atoms with Crippen molar-refractivity contribution in [3.8, 4) is 0 Å². The second kappa shape index (κ2) is 5.35. The molecule has 2 nitrogen and oxygen atoms in total. The lowest BCUT2D eigenvalue weighted by atomic mass is 10.2. The molecule has 2 aromatic heterocycles. The van der Waals surface area contributed by atoms with E-state index in [4.69, 9.17) is 11.6 Å². The lowest BCUT2D eigenvalue weighted by Crippen LogP contribution is -2.10. The zero-order chi connectivity index (χ0) is 13.2. The third-order valence-corrected chi connectivity index (χ3v) is 4.44. The zero-order valence-electron chi connectivity index (χ0n) is 10.7. The van der Waals surface area contributed by atoms with E-state index in [-0.39, 0.29) is 0 Å². The molecule has 1 aromatic carbocycles. The Morgan fingerprint density at radius 3 is 2.84 bits per heavy atom. The Kier molecular flexibility index (Phi) is 3.58. The first-order valence-electron chi connectivity index (χ1n) is 6.34. The highest BCUT2D eigenvalue weighted by molar-refractivity contribution is 7.09. The minimum absolute atomic E-state index is 0.361. The number of imidazole rings is 1. The maximum absolute atomic E-state index is 6.05. The summed E-state index contributed by atoms with van der Waals surface area (Å²) in [4.78, 5) is 6.01. The van der Waals surface area contributed by atoms with E-state index in [2.05, 4.69) is 46.1 Å². The standard InChI is InChI=1S/C15H15ClN2S/c1-11(9-12-5-4-8-19-12)18-14-7-3-2-6-13(14)17-15(18)10-16/h2-8,11H,9-10H2,1H3. The third-order valence-electron chi connectivity index (χ3n) is 3.31. The number of para-hydroxylation sites is 2. The number of aromatic nitrogens is 2. The Balaban J connectivity index is 2.02. The molecule has 0 spiro atoms. The topological polar surface area (TPSA) is 17.8 Å². The van der Waals surface area contributed by atoms with E-state index in [1.807, 2.05) is 12.1 Å². The number of fused-ring (bicyclic) bond motifs is 1. The van der Waals surface area contributed by atoms with E-state index in [1.54, 1.807) is 11.3 Å². The van der Waals surface area contributed by atoms with Crippen molar-refractivity contribution >= 4 is 34.0 Å². The largest absolute Gasteiger partial charge is 0.324 e. The first kappa shape index (κ1) is 12.7. The van der Waals surface area contributed by atoms with Gasteiger partial charge in [-0.1, -0.05) is 18.2 Å². The molecule has 2 heterocycles. The van der Waals surface area contributed by atoms with Crippen molar-refractivity contribution in [3.05, 3.63) is 52.5 Å². The molecule has 19 heavy (non-hydrogen) atoms. The lowest BCUT2D eigenvalue weighted by molar-refractivity contribution is 0.547. The summed E-state index contributed by atoms with van der Waals surface area (Å²) in [5.74, 6) is 1.40. The smallest absolute Gasteiger partial charge is 0.125 e. The van der Waals surface area contributed by atoms with Gasteiger partial charge in [-0.3, -0.25) is 0 Å². The van der Waals surface area contributed by atoms with Crippen LogP contribution in [0.5, 0.6) is 0 Å². The molecule has 1 unspecified atom stereocenters. The molecule has 0 saturated heterocycles. The van der Waals surface area contributed by atoms with Gasteiger partial charge in [0, 0.05) is 17.3 Å². The maximum atomic E-state index is 6.05. The quantitative estimate of drug-likeness (QED) is 0.640. The van der Waals surface area contributed by atoms with Crippen molar-refractivity contribution in [1.82, 2.24) is 9.55 Å². The first-order valence-corrected chi connectivity index (χ1v) is 7.75. The number of hydrogen-bond donors (Lipinski definition) is 0. The normalized spacial score (nSPS) is 12.9. The van der Waals surface area contributed by atoms with Gasteiger partial charge in [-0.15, -0.1) is 22.9 Å². The third kappa shape index (κ3) is 2.40. The number of halogens is 1. The van der Waals surface area contributed by atoms with Crippen LogP contribution in [0.4, 0.5) is 0 Å². The number of hydrogen-bond acceptors (Lipinski definition) is 2. The van der Waals surface area contributed by atoms with Crippen LogP contribution in [0.1, 0.15) is 23.7 Å². The van der Waals surface area contributed by atoms with E-state index < -0.39 is 0 Å². The molecular formula is C15H15ClN2S. The summed E-state index contributed by atoms with van der Waals surface area (Å²) in [6.07, 6.45) is 1.02. The van der Waals surface area contributed by atoms with Crippen molar-refractivity contribution in [3.63, 3.8) is 0 Å². The Hall–Kier alpha value is -1.32. The Morgan fingerprint density at radius 1 is 1.26 bits per heavy atom. The fourth-order valence-electron chi connectivity index (χ4n) is 2.49. The molecule has 0 N–H and O–H groups in total. The van der Waals surface area contributed by atoms with Gasteiger partial charge in [0.05, 0.1) is 16.9 Å². The van der Waals surface area contributed by atoms with Crippen molar-refractivity contribution < 1.29 is 0 Å². The van der Waals surface area contributed by atoms with Gasteiger partial charge in [0.1, 0.15) is 5.82 Å². The highest BCUT2D eigenvalue weighted by Crippen LogP contribution is 2.25. The van der Waals surface area contributed by atoms with Crippen LogP contribution in [0, 0.1) is 0 Å². The predicted octanol–water partition coefficient (Wildman–Crippen LogP) is 4.64. The molecule has 0 radical (unpaired) electrons. The average Bonchev–Trinajstić information content (AvgIpc) is 3.04. The highest BCUT2D eigenvalue weighted by Gasteiger charge is 2.15. The van der Waals surface area contributed by atoms with Crippen molar-refractivity contribution in [2.24, 2.45) is 0 Å². The van der Waals surface area contributed by atoms with Crippen LogP contribution in [-0.2, 0) is 12.3 Å². The summed E-state index contributed by atoms with van der Waals surface area (Å²) in [6.45, 7) is 2.23. The first-order chi connectivity index (χ1) is 9.29. The Morgan fingerprint density at radius 2 is 2.11 bits per heavy atom. The molecule has 0 bridgehead atoms. The van der Waals surface area contributed by atoms with Crippen LogP contribution >= 0.6 is 22.9 Å². The van der Waals surface area contributed by atoms with E-state index in [0.29, 0.717) is 11.9 Å². The van der Waals surface area contributed by atoms with Crippen LogP contribution in [-0.4, -0.2) is 9.55 Å². The van der Waals surface area contributed by atoms with E-state index in [9.17, 15) is 0 Å². The fourth-order valence-corrected chi connectivity index (χ4v) is 3.51. The second-order valence-corrected chi connectivity index (χ2v) is 5.95. The molecule has 0 aliphatic rings. The summed E-state index contributed by atoms with van der Waals surface area (Å²) < 4.78 is 2.27. The molecule has 3 aromatic rings. The SMILES string of the molecule is CC(Cc1cccs1)n1c(CCl)nc2ccccc21. The van der Waals surface area contributed by atoms with E-state index in [0.717, 1.165) is 17.8 Å². The maximum Gasteiger partial charge on any atom is 0.125 e. The molecule has 0 fully saturated rings. The fraction of sp³-hybridized carbons (Fsp3) is 0.267. The van der Waals surface area contributed by atoms with Gasteiger partial charge >= 0.3 is 0 Å². The monoisotopic (exact) mass is 290 g/mol. The van der Waals surface area contributed by atoms with E-state index in [1.165, 1.54) is 10.4 Å². The van der Waals surface area contributed by atoms with Gasteiger partial charge in [0.2, 0.25) is 0 Å². The molecule has 1 atom stereocenters. The molecule has 0 aliphatic heterocycles. The molecule has 98 valence electrons. The van der Waals surface area contributed by atoms with Crippen LogP contribution in [0.2, 0.25) is 0 Å². The summed E-state index contributed by atoms with van der Waals surface area (Å²) >= 11 is 7.85. The van der Waals surface area contributed by atoms with Gasteiger partial charge < -0.3 is 4.57 Å². The Labute approximate surface area is 121 Å². The lowest BCUT2D eigenvalue weighted by Gasteiger charge is -2.16.